The lowest BCUT2D eigenvalue weighted by Gasteiger charge is -2.35. The SMILES string of the molecule is COc1ccc(C(=O)N2CCN(C(=O)c3ccc(N)cc3)CC2)cc1OC.Cl. The minimum atomic E-state index is -0.0875. The Labute approximate surface area is 170 Å². The Hall–Kier alpha value is -2.93. The van der Waals surface area contributed by atoms with Crippen LogP contribution in [-0.4, -0.2) is 62.0 Å². The number of hydrogen-bond acceptors (Lipinski definition) is 5. The monoisotopic (exact) mass is 405 g/mol. The molecule has 2 aromatic carbocycles. The Morgan fingerprint density at radius 1 is 0.786 bits per heavy atom. The zero-order chi connectivity index (χ0) is 19.4. The molecular weight excluding hydrogens is 382 g/mol. The van der Waals surface area contributed by atoms with E-state index < -0.39 is 0 Å². The molecule has 1 fully saturated rings. The number of ether oxygens (including phenoxy) is 2. The van der Waals surface area contributed by atoms with E-state index in [2.05, 4.69) is 0 Å². The van der Waals surface area contributed by atoms with Gasteiger partial charge in [-0.1, -0.05) is 0 Å². The molecule has 2 aromatic rings. The molecule has 150 valence electrons. The van der Waals surface area contributed by atoms with Crippen LogP contribution in [0.1, 0.15) is 20.7 Å². The number of methoxy groups -OCH3 is 2. The number of nitrogen functional groups attached to an aromatic ring is 1. The number of halogens is 1. The van der Waals surface area contributed by atoms with Crippen LogP contribution in [0.3, 0.4) is 0 Å². The minimum Gasteiger partial charge on any atom is -0.493 e. The molecule has 7 nitrogen and oxygen atoms in total. The maximum Gasteiger partial charge on any atom is 0.254 e. The van der Waals surface area contributed by atoms with E-state index in [1.807, 2.05) is 0 Å². The Balaban J connectivity index is 0.00000280. The molecule has 3 rings (SSSR count). The number of nitrogens with zero attached hydrogens (tertiary/aromatic N) is 2. The molecular formula is C20H24ClN3O4. The summed E-state index contributed by atoms with van der Waals surface area (Å²) in [6, 6.07) is 12.0. The van der Waals surface area contributed by atoms with E-state index in [0.717, 1.165) is 0 Å². The molecule has 0 radical (unpaired) electrons. The quantitative estimate of drug-likeness (QED) is 0.789. The van der Waals surface area contributed by atoms with Crippen LogP contribution in [0.15, 0.2) is 42.5 Å². The highest BCUT2D eigenvalue weighted by Crippen LogP contribution is 2.28. The van der Waals surface area contributed by atoms with Gasteiger partial charge in [0, 0.05) is 43.0 Å². The lowest BCUT2D eigenvalue weighted by Crippen LogP contribution is -2.50. The van der Waals surface area contributed by atoms with Gasteiger partial charge < -0.3 is 25.0 Å². The zero-order valence-corrected chi connectivity index (χ0v) is 16.7. The summed E-state index contributed by atoms with van der Waals surface area (Å²) in [5.41, 5.74) is 7.42. The van der Waals surface area contributed by atoms with Crippen molar-refractivity contribution in [1.29, 1.82) is 0 Å². The molecule has 0 aromatic heterocycles. The van der Waals surface area contributed by atoms with Crippen LogP contribution in [-0.2, 0) is 0 Å². The molecule has 8 heteroatoms. The van der Waals surface area contributed by atoms with Crippen molar-refractivity contribution in [3.05, 3.63) is 53.6 Å². The molecule has 0 bridgehead atoms. The predicted octanol–water partition coefficient (Wildman–Crippen LogP) is 2.31. The number of carbonyl (C=O) groups is 2. The van der Waals surface area contributed by atoms with E-state index in [9.17, 15) is 9.59 Å². The van der Waals surface area contributed by atoms with Crippen LogP contribution in [0.4, 0.5) is 5.69 Å². The van der Waals surface area contributed by atoms with Gasteiger partial charge in [0.25, 0.3) is 11.8 Å². The van der Waals surface area contributed by atoms with Gasteiger partial charge in [0.15, 0.2) is 11.5 Å². The predicted molar refractivity (Wildman–Crippen MR) is 109 cm³/mol. The second-order valence-corrected chi connectivity index (χ2v) is 6.28. The summed E-state index contributed by atoms with van der Waals surface area (Å²) >= 11 is 0. The van der Waals surface area contributed by atoms with Crippen LogP contribution < -0.4 is 15.2 Å². The van der Waals surface area contributed by atoms with E-state index in [1.54, 1.807) is 59.4 Å². The fourth-order valence-electron chi connectivity index (χ4n) is 3.07. The highest BCUT2D eigenvalue weighted by molar-refractivity contribution is 5.96. The molecule has 2 N–H and O–H groups in total. The maximum absolute atomic E-state index is 12.8. The number of hydrogen-bond donors (Lipinski definition) is 1. The fraction of sp³-hybridized carbons (Fsp3) is 0.300. The second kappa shape index (κ2) is 9.32. The van der Waals surface area contributed by atoms with Gasteiger partial charge in [0.05, 0.1) is 14.2 Å². The molecule has 1 aliphatic rings. The van der Waals surface area contributed by atoms with Gasteiger partial charge in [-0.25, -0.2) is 0 Å². The van der Waals surface area contributed by atoms with Gasteiger partial charge in [-0.3, -0.25) is 9.59 Å². The number of piperazine rings is 1. The average molecular weight is 406 g/mol. The van der Waals surface area contributed by atoms with E-state index in [-0.39, 0.29) is 24.2 Å². The Kier molecular flexibility index (Phi) is 7.12. The van der Waals surface area contributed by atoms with Crippen LogP contribution >= 0.6 is 12.4 Å². The lowest BCUT2D eigenvalue weighted by atomic mass is 10.1. The third kappa shape index (κ3) is 4.48. The van der Waals surface area contributed by atoms with Gasteiger partial charge in [-0.2, -0.15) is 0 Å². The van der Waals surface area contributed by atoms with Crippen molar-refractivity contribution in [2.24, 2.45) is 0 Å². The van der Waals surface area contributed by atoms with Crippen molar-refractivity contribution in [2.45, 2.75) is 0 Å². The Morgan fingerprint density at radius 2 is 1.25 bits per heavy atom. The van der Waals surface area contributed by atoms with E-state index in [0.29, 0.717) is 54.5 Å². The normalized spacial score (nSPS) is 13.5. The van der Waals surface area contributed by atoms with Gasteiger partial charge >= 0.3 is 0 Å². The molecule has 0 saturated carbocycles. The minimum absolute atomic E-state index is 0. The highest BCUT2D eigenvalue weighted by atomic mass is 35.5. The topological polar surface area (TPSA) is 85.1 Å². The Morgan fingerprint density at radius 3 is 1.75 bits per heavy atom. The number of benzene rings is 2. The van der Waals surface area contributed by atoms with Gasteiger partial charge in [0.1, 0.15) is 0 Å². The molecule has 1 heterocycles. The van der Waals surface area contributed by atoms with Crippen molar-refractivity contribution in [2.75, 3.05) is 46.1 Å². The first-order chi connectivity index (χ1) is 13.0. The average Bonchev–Trinajstić information content (AvgIpc) is 2.72. The number of amides is 2. The smallest absolute Gasteiger partial charge is 0.254 e. The number of anilines is 1. The second-order valence-electron chi connectivity index (χ2n) is 6.28. The van der Waals surface area contributed by atoms with Crippen LogP contribution in [0.5, 0.6) is 11.5 Å². The third-order valence-corrected chi connectivity index (χ3v) is 4.64. The Bertz CT molecular complexity index is 834. The molecule has 2 amide bonds. The van der Waals surface area contributed by atoms with Crippen LogP contribution in [0.2, 0.25) is 0 Å². The molecule has 0 unspecified atom stereocenters. The number of rotatable bonds is 4. The molecule has 0 atom stereocenters. The zero-order valence-electron chi connectivity index (χ0n) is 15.9. The summed E-state index contributed by atoms with van der Waals surface area (Å²) in [5, 5.41) is 0. The fourth-order valence-corrected chi connectivity index (χ4v) is 3.07. The molecule has 1 saturated heterocycles. The molecule has 1 aliphatic heterocycles. The lowest BCUT2D eigenvalue weighted by molar-refractivity contribution is 0.0535. The van der Waals surface area contributed by atoms with Crippen molar-refractivity contribution >= 4 is 29.9 Å². The summed E-state index contributed by atoms with van der Waals surface area (Å²) in [4.78, 5) is 28.8. The number of carbonyl (C=O) groups excluding carboxylic acids is 2. The van der Waals surface area contributed by atoms with Crippen molar-refractivity contribution in [3.8, 4) is 11.5 Å². The molecule has 28 heavy (non-hydrogen) atoms. The summed E-state index contributed by atoms with van der Waals surface area (Å²) < 4.78 is 10.5. The van der Waals surface area contributed by atoms with Gasteiger partial charge in [-0.15, -0.1) is 12.4 Å². The van der Waals surface area contributed by atoms with Gasteiger partial charge in [-0.05, 0) is 42.5 Å². The van der Waals surface area contributed by atoms with E-state index in [1.165, 1.54) is 7.11 Å². The largest absolute Gasteiger partial charge is 0.493 e. The maximum atomic E-state index is 12.8. The summed E-state index contributed by atoms with van der Waals surface area (Å²) in [6.45, 7) is 1.94. The first-order valence-corrected chi connectivity index (χ1v) is 8.69. The summed E-state index contributed by atoms with van der Waals surface area (Å²) in [6.07, 6.45) is 0. The molecule has 0 spiro atoms. The first kappa shape index (κ1) is 21.4. The third-order valence-electron chi connectivity index (χ3n) is 4.64. The van der Waals surface area contributed by atoms with Crippen molar-refractivity contribution in [3.63, 3.8) is 0 Å². The summed E-state index contributed by atoms with van der Waals surface area (Å²) in [5.74, 6) is 0.956. The van der Waals surface area contributed by atoms with Crippen molar-refractivity contribution in [1.82, 2.24) is 9.80 Å². The molecule has 0 aliphatic carbocycles. The van der Waals surface area contributed by atoms with Crippen LogP contribution in [0.25, 0.3) is 0 Å². The standard InChI is InChI=1S/C20H23N3O4.ClH/c1-26-17-8-5-15(13-18(17)27-2)20(25)23-11-9-22(10-12-23)19(24)14-3-6-16(21)7-4-14;/h3-8,13H,9-12,21H2,1-2H3;1H. The van der Waals surface area contributed by atoms with E-state index >= 15 is 0 Å². The van der Waals surface area contributed by atoms with Crippen LogP contribution in [0, 0.1) is 0 Å². The highest BCUT2D eigenvalue weighted by Gasteiger charge is 2.26. The number of nitrogens with two attached hydrogens (primary N) is 1. The van der Waals surface area contributed by atoms with Gasteiger partial charge in [0.2, 0.25) is 0 Å². The van der Waals surface area contributed by atoms with Crippen molar-refractivity contribution < 1.29 is 19.1 Å². The van der Waals surface area contributed by atoms with E-state index in [4.69, 9.17) is 15.2 Å². The first-order valence-electron chi connectivity index (χ1n) is 8.69. The summed E-state index contributed by atoms with van der Waals surface area (Å²) in [7, 11) is 3.09.